The van der Waals surface area contributed by atoms with Crippen LogP contribution >= 0.6 is 0 Å². The van der Waals surface area contributed by atoms with E-state index in [1.54, 1.807) is 0 Å². The Kier molecular flexibility index (Phi) is 3.42. The van der Waals surface area contributed by atoms with Gasteiger partial charge in [-0.25, -0.2) is 4.68 Å². The van der Waals surface area contributed by atoms with Crippen LogP contribution < -0.4 is 5.32 Å². The van der Waals surface area contributed by atoms with Crippen molar-refractivity contribution >= 4 is 0 Å². The van der Waals surface area contributed by atoms with Crippen LogP contribution in [0.4, 0.5) is 0 Å². The fraction of sp³-hybridized carbons (Fsp3) is 0.400. The summed E-state index contributed by atoms with van der Waals surface area (Å²) < 4.78 is 1.96. The van der Waals surface area contributed by atoms with Crippen LogP contribution in [0.2, 0.25) is 0 Å². The van der Waals surface area contributed by atoms with Crippen molar-refractivity contribution in [3.63, 3.8) is 0 Å². The molecule has 2 heterocycles. The predicted molar refractivity (Wildman–Crippen MR) is 72.8 cm³/mol. The van der Waals surface area contributed by atoms with Gasteiger partial charge in [0.1, 0.15) is 0 Å². The summed E-state index contributed by atoms with van der Waals surface area (Å²) in [6, 6.07) is 10.8. The number of aromatic nitrogens is 2. The molecule has 3 heteroatoms. The molecule has 1 fully saturated rings. The first-order chi connectivity index (χ1) is 8.93. The summed E-state index contributed by atoms with van der Waals surface area (Å²) in [6.45, 7) is 1.13. The van der Waals surface area contributed by atoms with Gasteiger partial charge in [0.2, 0.25) is 0 Å². The molecule has 1 aromatic carbocycles. The largest absolute Gasteiger partial charge is 0.310 e. The highest BCUT2D eigenvalue weighted by molar-refractivity contribution is 5.31. The number of rotatable bonds is 2. The SMILES string of the molecule is c1ccc(-n2cc(C3CCCCCN3)cn2)cc1. The standard InChI is InChI=1S/C15H19N3/c1-3-7-14(8-4-1)18-12-13(11-17-18)15-9-5-2-6-10-16-15/h1,3-4,7-8,11-12,15-16H,2,5-6,9-10H2. The number of benzene rings is 1. The lowest BCUT2D eigenvalue weighted by atomic mass is 10.1. The van der Waals surface area contributed by atoms with E-state index >= 15 is 0 Å². The summed E-state index contributed by atoms with van der Waals surface area (Å²) >= 11 is 0. The van der Waals surface area contributed by atoms with Crippen molar-refractivity contribution in [1.29, 1.82) is 0 Å². The second-order valence-corrected chi connectivity index (χ2v) is 4.91. The maximum Gasteiger partial charge on any atom is 0.0645 e. The highest BCUT2D eigenvalue weighted by Crippen LogP contribution is 2.22. The smallest absolute Gasteiger partial charge is 0.0645 e. The topological polar surface area (TPSA) is 29.9 Å². The molecule has 0 radical (unpaired) electrons. The lowest BCUT2D eigenvalue weighted by molar-refractivity contribution is 0.534. The van der Waals surface area contributed by atoms with E-state index in [0.29, 0.717) is 6.04 Å². The number of hydrogen-bond donors (Lipinski definition) is 1. The number of para-hydroxylation sites is 1. The van der Waals surface area contributed by atoms with Gasteiger partial charge in [0.25, 0.3) is 0 Å². The fourth-order valence-electron chi connectivity index (χ4n) is 2.55. The lowest BCUT2D eigenvalue weighted by Crippen LogP contribution is -2.19. The Bertz CT molecular complexity index is 481. The molecule has 3 nitrogen and oxygen atoms in total. The molecule has 0 saturated carbocycles. The Morgan fingerprint density at radius 1 is 1.11 bits per heavy atom. The molecule has 18 heavy (non-hydrogen) atoms. The second kappa shape index (κ2) is 5.36. The van der Waals surface area contributed by atoms with Crippen molar-refractivity contribution in [3.05, 3.63) is 48.3 Å². The Hall–Kier alpha value is -1.61. The number of nitrogens with zero attached hydrogens (tertiary/aromatic N) is 2. The summed E-state index contributed by atoms with van der Waals surface area (Å²) in [4.78, 5) is 0. The molecule has 0 aliphatic carbocycles. The molecule has 1 N–H and O–H groups in total. The number of nitrogens with one attached hydrogen (secondary N) is 1. The highest BCUT2D eigenvalue weighted by Gasteiger charge is 2.15. The van der Waals surface area contributed by atoms with E-state index in [2.05, 4.69) is 28.7 Å². The first kappa shape index (κ1) is 11.5. The average Bonchev–Trinajstić information content (AvgIpc) is 2.76. The van der Waals surface area contributed by atoms with Gasteiger partial charge in [0.05, 0.1) is 11.9 Å². The predicted octanol–water partition coefficient (Wildman–Crippen LogP) is 3.08. The van der Waals surface area contributed by atoms with E-state index in [9.17, 15) is 0 Å². The van der Waals surface area contributed by atoms with Gasteiger partial charge < -0.3 is 5.32 Å². The Labute approximate surface area is 108 Å². The van der Waals surface area contributed by atoms with Gasteiger partial charge >= 0.3 is 0 Å². The maximum absolute atomic E-state index is 4.47. The third-order valence-corrected chi connectivity index (χ3v) is 3.59. The molecule has 0 spiro atoms. The van der Waals surface area contributed by atoms with Crippen LogP contribution in [-0.2, 0) is 0 Å². The first-order valence-electron chi connectivity index (χ1n) is 6.77. The summed E-state index contributed by atoms with van der Waals surface area (Å²) in [6.07, 6.45) is 9.32. The van der Waals surface area contributed by atoms with Crippen LogP contribution in [0.5, 0.6) is 0 Å². The van der Waals surface area contributed by atoms with E-state index in [0.717, 1.165) is 12.2 Å². The zero-order valence-electron chi connectivity index (χ0n) is 10.5. The van der Waals surface area contributed by atoms with Gasteiger partial charge in [0, 0.05) is 17.8 Å². The average molecular weight is 241 g/mol. The molecule has 1 unspecified atom stereocenters. The van der Waals surface area contributed by atoms with Crippen molar-refractivity contribution in [3.8, 4) is 5.69 Å². The summed E-state index contributed by atoms with van der Waals surface area (Å²) in [5.41, 5.74) is 2.43. The van der Waals surface area contributed by atoms with Crippen LogP contribution in [0.15, 0.2) is 42.7 Å². The molecule has 1 saturated heterocycles. The monoisotopic (exact) mass is 241 g/mol. The van der Waals surface area contributed by atoms with Gasteiger partial charge in [-0.2, -0.15) is 5.10 Å². The Morgan fingerprint density at radius 2 is 2.00 bits per heavy atom. The van der Waals surface area contributed by atoms with E-state index in [1.165, 1.54) is 31.2 Å². The van der Waals surface area contributed by atoms with Gasteiger partial charge in [-0.15, -0.1) is 0 Å². The lowest BCUT2D eigenvalue weighted by Gasteiger charge is -2.13. The molecular formula is C15H19N3. The van der Waals surface area contributed by atoms with Crippen LogP contribution in [0.3, 0.4) is 0 Å². The van der Waals surface area contributed by atoms with E-state index < -0.39 is 0 Å². The molecule has 1 aliphatic rings. The zero-order chi connectivity index (χ0) is 12.2. The minimum Gasteiger partial charge on any atom is -0.310 e. The van der Waals surface area contributed by atoms with Gasteiger partial charge in [-0.1, -0.05) is 31.0 Å². The van der Waals surface area contributed by atoms with E-state index in [4.69, 9.17) is 0 Å². The van der Waals surface area contributed by atoms with E-state index in [1.807, 2.05) is 29.1 Å². The molecular weight excluding hydrogens is 222 g/mol. The van der Waals surface area contributed by atoms with Crippen molar-refractivity contribution in [2.45, 2.75) is 31.7 Å². The normalized spacial score (nSPS) is 20.6. The van der Waals surface area contributed by atoms with Crippen molar-refractivity contribution in [2.75, 3.05) is 6.54 Å². The zero-order valence-corrected chi connectivity index (χ0v) is 10.5. The van der Waals surface area contributed by atoms with E-state index in [-0.39, 0.29) is 0 Å². The molecule has 0 bridgehead atoms. The van der Waals surface area contributed by atoms with Crippen LogP contribution in [-0.4, -0.2) is 16.3 Å². The summed E-state index contributed by atoms with van der Waals surface area (Å²) in [7, 11) is 0. The number of hydrogen-bond acceptors (Lipinski definition) is 2. The van der Waals surface area contributed by atoms with Gasteiger partial charge in [-0.3, -0.25) is 0 Å². The molecule has 1 atom stereocenters. The highest BCUT2D eigenvalue weighted by atomic mass is 15.3. The fourth-order valence-corrected chi connectivity index (χ4v) is 2.55. The third kappa shape index (κ3) is 2.46. The van der Waals surface area contributed by atoms with Gasteiger partial charge in [-0.05, 0) is 31.5 Å². The Morgan fingerprint density at radius 3 is 2.89 bits per heavy atom. The van der Waals surface area contributed by atoms with Gasteiger partial charge in [0.15, 0.2) is 0 Å². The molecule has 3 rings (SSSR count). The molecule has 94 valence electrons. The Balaban J connectivity index is 1.80. The quantitative estimate of drug-likeness (QED) is 0.875. The second-order valence-electron chi connectivity index (χ2n) is 4.91. The molecule has 1 aliphatic heterocycles. The maximum atomic E-state index is 4.47. The molecule has 0 amide bonds. The van der Waals surface area contributed by atoms with Crippen LogP contribution in [0.25, 0.3) is 5.69 Å². The van der Waals surface area contributed by atoms with Crippen molar-refractivity contribution in [1.82, 2.24) is 15.1 Å². The minimum atomic E-state index is 0.477. The summed E-state index contributed by atoms with van der Waals surface area (Å²) in [5, 5.41) is 8.08. The molecule has 2 aromatic rings. The first-order valence-corrected chi connectivity index (χ1v) is 6.77. The van der Waals surface area contributed by atoms with Crippen molar-refractivity contribution in [2.24, 2.45) is 0 Å². The van der Waals surface area contributed by atoms with Crippen molar-refractivity contribution < 1.29 is 0 Å². The van der Waals surface area contributed by atoms with Crippen LogP contribution in [0, 0.1) is 0 Å². The van der Waals surface area contributed by atoms with Crippen LogP contribution in [0.1, 0.15) is 37.3 Å². The molecule has 1 aromatic heterocycles. The third-order valence-electron chi connectivity index (χ3n) is 3.59. The summed E-state index contributed by atoms with van der Waals surface area (Å²) in [5.74, 6) is 0. The minimum absolute atomic E-state index is 0.477.